The van der Waals surface area contributed by atoms with E-state index in [9.17, 15) is 13.2 Å². The summed E-state index contributed by atoms with van der Waals surface area (Å²) in [6.45, 7) is 0.672. The second-order valence-corrected chi connectivity index (χ2v) is 6.55. The van der Waals surface area contributed by atoms with Crippen molar-refractivity contribution in [2.24, 2.45) is 10.7 Å². The van der Waals surface area contributed by atoms with Crippen LogP contribution in [-0.2, 0) is 11.3 Å². The lowest BCUT2D eigenvalue weighted by atomic mass is 10.2. The van der Waals surface area contributed by atoms with Gasteiger partial charge in [0.05, 0.1) is 18.8 Å². The monoisotopic (exact) mass is 416 g/mol. The average molecular weight is 417 g/mol. The lowest BCUT2D eigenvalue weighted by molar-refractivity contribution is -0.140. The summed E-state index contributed by atoms with van der Waals surface area (Å²) in [6, 6.07) is 0. The smallest absolute Gasteiger partial charge is 0.378 e. The summed E-state index contributed by atoms with van der Waals surface area (Å²) in [5, 5.41) is 2.51. The number of halogens is 4. The van der Waals surface area contributed by atoms with E-state index in [0.29, 0.717) is 37.7 Å². The first-order chi connectivity index (χ1) is 13.3. The first-order valence-corrected chi connectivity index (χ1v) is 8.78. The second-order valence-electron chi connectivity index (χ2n) is 6.21. The zero-order chi connectivity index (χ0) is 19.9. The molecule has 4 rings (SSSR count). The van der Waals surface area contributed by atoms with E-state index in [2.05, 4.69) is 25.3 Å². The van der Waals surface area contributed by atoms with E-state index >= 15 is 0 Å². The standard InChI is InChI=1S/C15H16ClF3N8O/c16-13-23-9-11(26-1-3-28-4-2-26)24-10(8-5-21-14(20)22-6-8)25-12(9)27(13)7-15(17,18)19/h5-6,14,21H,1-4,7,20H2. The van der Waals surface area contributed by atoms with Crippen LogP contribution >= 0.6 is 11.6 Å². The van der Waals surface area contributed by atoms with Gasteiger partial charge in [0.2, 0.25) is 5.28 Å². The number of morpholine rings is 1. The highest BCUT2D eigenvalue weighted by Crippen LogP contribution is 2.31. The summed E-state index contributed by atoms with van der Waals surface area (Å²) in [5.41, 5.74) is 6.32. The fraction of sp³-hybridized carbons (Fsp3) is 0.467. The van der Waals surface area contributed by atoms with Gasteiger partial charge in [0, 0.05) is 25.5 Å². The Morgan fingerprint density at radius 1 is 1.25 bits per heavy atom. The lowest BCUT2D eigenvalue weighted by Gasteiger charge is -2.28. The second kappa shape index (κ2) is 7.18. The van der Waals surface area contributed by atoms with Gasteiger partial charge in [0.15, 0.2) is 29.1 Å². The number of aromatic nitrogens is 4. The zero-order valence-corrected chi connectivity index (χ0v) is 15.2. The molecule has 13 heteroatoms. The Morgan fingerprint density at radius 2 is 2.00 bits per heavy atom. The van der Waals surface area contributed by atoms with Crippen molar-refractivity contribution in [2.45, 2.75) is 19.0 Å². The fourth-order valence-corrected chi connectivity index (χ4v) is 3.17. The number of alkyl halides is 3. The zero-order valence-electron chi connectivity index (χ0n) is 14.4. The summed E-state index contributed by atoms with van der Waals surface area (Å²) < 4.78 is 45.3. The molecule has 1 fully saturated rings. The molecule has 0 aromatic carbocycles. The molecule has 0 radical (unpaired) electrons. The minimum absolute atomic E-state index is 0.00186. The normalized spacial score (nSPS) is 20.4. The van der Waals surface area contributed by atoms with E-state index < -0.39 is 19.0 Å². The van der Waals surface area contributed by atoms with Crippen molar-refractivity contribution in [3.8, 4) is 0 Å². The van der Waals surface area contributed by atoms with Crippen LogP contribution in [0.4, 0.5) is 19.0 Å². The predicted octanol–water partition coefficient (Wildman–Crippen LogP) is 1.14. The molecule has 1 unspecified atom stereocenters. The molecule has 2 aliphatic rings. The minimum Gasteiger partial charge on any atom is -0.378 e. The Balaban J connectivity index is 1.88. The van der Waals surface area contributed by atoms with Gasteiger partial charge in [0.1, 0.15) is 6.54 Å². The summed E-state index contributed by atoms with van der Waals surface area (Å²) in [6.07, 6.45) is -2.05. The molecule has 0 amide bonds. The number of rotatable bonds is 3. The topological polar surface area (TPSA) is 106 Å². The summed E-state index contributed by atoms with van der Waals surface area (Å²) >= 11 is 6.01. The molecule has 28 heavy (non-hydrogen) atoms. The Hall–Kier alpha value is -2.44. The van der Waals surface area contributed by atoms with Crippen molar-refractivity contribution in [3.63, 3.8) is 0 Å². The molecule has 3 N–H and O–H groups in total. The maximum atomic E-state index is 13.0. The molecule has 1 atom stereocenters. The number of nitrogens with zero attached hydrogens (tertiary/aromatic N) is 6. The van der Waals surface area contributed by atoms with E-state index in [-0.39, 0.29) is 22.3 Å². The number of nitrogens with one attached hydrogen (secondary N) is 1. The molecule has 0 bridgehead atoms. The third-order valence-electron chi connectivity index (χ3n) is 4.22. The van der Waals surface area contributed by atoms with E-state index in [1.807, 2.05) is 4.90 Å². The molecule has 2 aliphatic heterocycles. The molecule has 0 spiro atoms. The third kappa shape index (κ3) is 3.75. The summed E-state index contributed by atoms with van der Waals surface area (Å²) in [7, 11) is 0. The van der Waals surface area contributed by atoms with Crippen molar-refractivity contribution in [2.75, 3.05) is 31.2 Å². The highest BCUT2D eigenvalue weighted by molar-refractivity contribution is 6.29. The number of ether oxygens (including phenoxy) is 1. The first-order valence-electron chi connectivity index (χ1n) is 8.40. The van der Waals surface area contributed by atoms with Crippen LogP contribution in [-0.4, -0.2) is 64.5 Å². The van der Waals surface area contributed by atoms with Gasteiger partial charge in [-0.3, -0.25) is 15.3 Å². The van der Waals surface area contributed by atoms with Gasteiger partial charge in [-0.1, -0.05) is 0 Å². The first kappa shape index (κ1) is 18.9. The Kier molecular flexibility index (Phi) is 4.85. The highest BCUT2D eigenvalue weighted by Gasteiger charge is 2.32. The average Bonchev–Trinajstić information content (AvgIpc) is 2.96. The molecular weight excluding hydrogens is 401 g/mol. The minimum atomic E-state index is -4.48. The number of nitrogens with two attached hydrogens (primary N) is 1. The Bertz CT molecular complexity index is 951. The number of fused-ring (bicyclic) bond motifs is 1. The number of imidazole rings is 1. The van der Waals surface area contributed by atoms with Crippen LogP contribution in [0.1, 0.15) is 5.82 Å². The summed E-state index contributed by atoms with van der Waals surface area (Å²) in [5.74, 6) is 0.590. The number of aliphatic imine (C=N–C) groups is 1. The lowest BCUT2D eigenvalue weighted by Crippen LogP contribution is -2.37. The molecule has 2 aromatic heterocycles. The van der Waals surface area contributed by atoms with E-state index in [1.165, 1.54) is 6.21 Å². The van der Waals surface area contributed by atoms with Gasteiger partial charge in [-0.15, -0.1) is 0 Å². The molecule has 2 aromatic rings. The van der Waals surface area contributed by atoms with Crippen LogP contribution in [0, 0.1) is 0 Å². The van der Waals surface area contributed by atoms with Gasteiger partial charge >= 0.3 is 6.18 Å². The molecule has 0 aliphatic carbocycles. The van der Waals surface area contributed by atoms with Crippen molar-refractivity contribution >= 4 is 40.4 Å². The Labute approximate surface area is 162 Å². The van der Waals surface area contributed by atoms with Crippen LogP contribution in [0.2, 0.25) is 5.28 Å². The maximum Gasteiger partial charge on any atom is 0.406 e. The molecule has 150 valence electrons. The summed E-state index contributed by atoms with van der Waals surface area (Å²) in [4.78, 5) is 18.8. The van der Waals surface area contributed by atoms with Crippen LogP contribution in [0.15, 0.2) is 11.2 Å². The van der Waals surface area contributed by atoms with Crippen molar-refractivity contribution in [1.29, 1.82) is 0 Å². The number of hydrogen-bond donors (Lipinski definition) is 2. The highest BCUT2D eigenvalue weighted by atomic mass is 35.5. The predicted molar refractivity (Wildman–Crippen MR) is 97.0 cm³/mol. The number of hydrogen-bond acceptors (Lipinski definition) is 8. The van der Waals surface area contributed by atoms with Gasteiger partial charge in [-0.2, -0.15) is 13.2 Å². The van der Waals surface area contributed by atoms with Gasteiger partial charge in [0.25, 0.3) is 0 Å². The molecular formula is C15H16ClF3N8O. The van der Waals surface area contributed by atoms with Crippen LogP contribution in [0.5, 0.6) is 0 Å². The largest absolute Gasteiger partial charge is 0.406 e. The van der Waals surface area contributed by atoms with Crippen molar-refractivity contribution in [1.82, 2.24) is 24.8 Å². The van der Waals surface area contributed by atoms with Crippen LogP contribution in [0.3, 0.4) is 0 Å². The number of anilines is 1. The maximum absolute atomic E-state index is 13.0. The van der Waals surface area contributed by atoms with Crippen molar-refractivity contribution < 1.29 is 17.9 Å². The van der Waals surface area contributed by atoms with E-state index in [4.69, 9.17) is 22.1 Å². The SMILES string of the molecule is NC1N=CC(c2nc(N3CCOCC3)c3nc(Cl)n(CC(F)(F)F)c3n2)=CN1. The van der Waals surface area contributed by atoms with Crippen LogP contribution in [0.25, 0.3) is 16.7 Å². The molecule has 9 nitrogen and oxygen atoms in total. The van der Waals surface area contributed by atoms with Crippen LogP contribution < -0.4 is 16.0 Å². The van der Waals surface area contributed by atoms with Gasteiger partial charge in [-0.25, -0.2) is 15.0 Å². The quantitative estimate of drug-likeness (QED) is 0.722. The number of allylic oxidation sites excluding steroid dienone is 1. The van der Waals surface area contributed by atoms with E-state index in [0.717, 1.165) is 4.57 Å². The third-order valence-corrected chi connectivity index (χ3v) is 4.51. The Morgan fingerprint density at radius 3 is 2.64 bits per heavy atom. The fourth-order valence-electron chi connectivity index (χ4n) is 2.94. The molecule has 0 saturated carbocycles. The van der Waals surface area contributed by atoms with Gasteiger partial charge in [-0.05, 0) is 11.6 Å². The molecule has 4 heterocycles. The van der Waals surface area contributed by atoms with Gasteiger partial charge < -0.3 is 15.0 Å². The van der Waals surface area contributed by atoms with E-state index in [1.54, 1.807) is 6.20 Å². The van der Waals surface area contributed by atoms with Crippen molar-refractivity contribution in [3.05, 3.63) is 17.3 Å². The molecule has 1 saturated heterocycles.